The summed E-state index contributed by atoms with van der Waals surface area (Å²) in [5.41, 5.74) is 3.61. The van der Waals surface area contributed by atoms with E-state index < -0.39 is 0 Å². The molecule has 4 heteroatoms. The number of fused-ring (bicyclic) bond motifs is 1. The van der Waals surface area contributed by atoms with Crippen LogP contribution in [0.1, 0.15) is 5.56 Å². The lowest BCUT2D eigenvalue weighted by molar-refractivity contribution is 1.13. The van der Waals surface area contributed by atoms with Crippen LogP contribution in [0.15, 0.2) is 17.6 Å². The molecule has 0 spiro atoms. The third kappa shape index (κ3) is 0.674. The molecule has 0 bridgehead atoms. The van der Waals surface area contributed by atoms with Gasteiger partial charge >= 0.3 is 0 Å². The molecule has 1 aliphatic heterocycles. The second-order valence-corrected chi connectivity index (χ2v) is 1.82. The van der Waals surface area contributed by atoms with E-state index >= 15 is 0 Å². The second-order valence-electron chi connectivity index (χ2n) is 1.82. The van der Waals surface area contributed by atoms with Crippen molar-refractivity contribution < 1.29 is 0 Å². The quantitative estimate of drug-likeness (QED) is 0.559. The first-order chi connectivity index (χ1) is 4.97. The molecule has 10 heavy (non-hydrogen) atoms. The molecule has 0 amide bonds. The third-order valence-corrected chi connectivity index (χ3v) is 1.19. The van der Waals surface area contributed by atoms with Crippen LogP contribution in [0, 0.1) is 0 Å². The fourth-order valence-electron chi connectivity index (χ4n) is 0.726. The van der Waals surface area contributed by atoms with Crippen molar-refractivity contribution in [1.29, 1.82) is 0 Å². The summed E-state index contributed by atoms with van der Waals surface area (Å²) < 4.78 is 0. The molecular weight excluding hydrogens is 128 g/mol. The zero-order chi connectivity index (χ0) is 6.81. The van der Waals surface area contributed by atoms with E-state index in [-0.39, 0.29) is 0 Å². The summed E-state index contributed by atoms with van der Waals surface area (Å²) in [6.45, 7) is 0. The van der Waals surface area contributed by atoms with Gasteiger partial charge in [0.25, 0.3) is 0 Å². The predicted octanol–water partition coefficient (Wildman–Crippen LogP) is 0.500. The molecule has 0 saturated heterocycles. The Morgan fingerprint density at radius 2 is 2.50 bits per heavy atom. The summed E-state index contributed by atoms with van der Waals surface area (Å²) in [6, 6.07) is 0. The standard InChI is InChI=1S/C6H4N4/c1-2-9-10-6-5(1)3-7-4-8-6/h1,3-4H,(H,7,8,10). The average molecular weight is 132 g/mol. The van der Waals surface area contributed by atoms with Crippen LogP contribution in [0.2, 0.25) is 0 Å². The van der Waals surface area contributed by atoms with Crippen molar-refractivity contribution >= 4 is 17.8 Å². The highest BCUT2D eigenvalue weighted by Crippen LogP contribution is 2.11. The highest BCUT2D eigenvalue weighted by Gasteiger charge is 2.00. The van der Waals surface area contributed by atoms with Crippen molar-refractivity contribution in [2.24, 2.45) is 5.10 Å². The van der Waals surface area contributed by atoms with Gasteiger partial charge in [-0.15, -0.1) is 5.10 Å². The smallest absolute Gasteiger partial charge is 0.158 e. The van der Waals surface area contributed by atoms with Gasteiger partial charge in [-0.3, -0.25) is 5.43 Å². The summed E-state index contributed by atoms with van der Waals surface area (Å²) >= 11 is 0. The Balaban J connectivity index is 2.63. The van der Waals surface area contributed by atoms with Crippen LogP contribution in [0.25, 0.3) is 6.08 Å². The van der Waals surface area contributed by atoms with Gasteiger partial charge in [-0.25, -0.2) is 9.97 Å². The van der Waals surface area contributed by atoms with Gasteiger partial charge in [-0.2, -0.15) is 0 Å². The fraction of sp³-hybridized carbons (Fsp3) is 0. The number of nitrogens with one attached hydrogen (secondary N) is 1. The third-order valence-electron chi connectivity index (χ3n) is 1.19. The minimum absolute atomic E-state index is 0.730. The van der Waals surface area contributed by atoms with Crippen LogP contribution in [-0.2, 0) is 0 Å². The van der Waals surface area contributed by atoms with E-state index in [2.05, 4.69) is 26.4 Å². The van der Waals surface area contributed by atoms with Gasteiger partial charge in [0.05, 0.1) is 0 Å². The Morgan fingerprint density at radius 3 is 3.40 bits per heavy atom. The molecule has 0 fully saturated rings. The minimum Gasteiger partial charge on any atom is -0.252 e. The molecule has 0 aliphatic carbocycles. The zero-order valence-corrected chi connectivity index (χ0v) is 5.07. The first kappa shape index (κ1) is 5.14. The summed E-state index contributed by atoms with van der Waals surface area (Å²) in [6.07, 6.45) is 4.91. The number of nitrogens with zero attached hydrogens (tertiary/aromatic N) is 3. The first-order valence-electron chi connectivity index (χ1n) is 2.81. The van der Waals surface area contributed by atoms with E-state index in [0.717, 1.165) is 11.4 Å². The molecule has 0 saturated carbocycles. The highest BCUT2D eigenvalue weighted by molar-refractivity contribution is 5.84. The maximum atomic E-state index is 3.93. The van der Waals surface area contributed by atoms with Gasteiger partial charge in [0, 0.05) is 23.7 Å². The normalized spacial score (nSPS) is 12.4. The van der Waals surface area contributed by atoms with E-state index in [4.69, 9.17) is 0 Å². The zero-order valence-electron chi connectivity index (χ0n) is 5.07. The van der Waals surface area contributed by atoms with Gasteiger partial charge in [-0.05, 0) is 0 Å². The number of aromatic nitrogens is 2. The lowest BCUT2D eigenvalue weighted by atomic mass is 10.3. The van der Waals surface area contributed by atoms with Crippen LogP contribution in [0.5, 0.6) is 0 Å². The van der Waals surface area contributed by atoms with Crippen molar-refractivity contribution in [1.82, 2.24) is 9.97 Å². The first-order valence-corrected chi connectivity index (χ1v) is 2.81. The van der Waals surface area contributed by atoms with E-state index in [0.29, 0.717) is 0 Å². The van der Waals surface area contributed by atoms with Crippen molar-refractivity contribution in [3.05, 3.63) is 18.1 Å². The van der Waals surface area contributed by atoms with E-state index in [1.165, 1.54) is 6.33 Å². The molecule has 0 unspecified atom stereocenters. The molecule has 2 heterocycles. The van der Waals surface area contributed by atoms with E-state index in [1.54, 1.807) is 12.3 Å². The van der Waals surface area contributed by atoms with Crippen LogP contribution in [0.3, 0.4) is 0 Å². The van der Waals surface area contributed by atoms with Gasteiger partial charge < -0.3 is 0 Å². The van der Waals surface area contributed by atoms with Gasteiger partial charge in [0.15, 0.2) is 5.82 Å². The largest absolute Gasteiger partial charge is 0.252 e. The molecule has 1 aromatic rings. The Hall–Kier alpha value is -1.67. The average Bonchev–Trinajstić information content (AvgIpc) is 2.05. The van der Waals surface area contributed by atoms with Crippen LogP contribution < -0.4 is 5.43 Å². The molecule has 4 nitrogen and oxygen atoms in total. The minimum atomic E-state index is 0.730. The van der Waals surface area contributed by atoms with Crippen molar-refractivity contribution in [3.63, 3.8) is 0 Å². The van der Waals surface area contributed by atoms with Gasteiger partial charge in [0.2, 0.25) is 0 Å². The Bertz CT molecular complexity index is 311. The van der Waals surface area contributed by atoms with E-state index in [1.807, 2.05) is 0 Å². The summed E-state index contributed by atoms with van der Waals surface area (Å²) in [5, 5.41) is 3.67. The summed E-state index contributed by atoms with van der Waals surface area (Å²) in [7, 11) is 0. The van der Waals surface area contributed by atoms with Crippen molar-refractivity contribution in [2.45, 2.75) is 0 Å². The maximum absolute atomic E-state index is 3.93. The summed E-state index contributed by atoms with van der Waals surface area (Å²) in [5.74, 6) is 3.38. The van der Waals surface area contributed by atoms with Gasteiger partial charge in [-0.1, -0.05) is 0 Å². The summed E-state index contributed by atoms with van der Waals surface area (Å²) in [4.78, 5) is 7.77. The number of hydrogen-bond donors (Lipinski definition) is 1. The Labute approximate surface area is 57.3 Å². The SMILES string of the molecule is C1=Cc2cncnc2NN=1. The van der Waals surface area contributed by atoms with Crippen molar-refractivity contribution in [2.75, 3.05) is 5.43 Å². The monoisotopic (exact) mass is 132 g/mol. The van der Waals surface area contributed by atoms with Crippen LogP contribution >= 0.6 is 0 Å². The fourth-order valence-corrected chi connectivity index (χ4v) is 0.726. The number of hydrogen-bond acceptors (Lipinski definition) is 4. The molecule has 1 N–H and O–H groups in total. The molecule has 2 rings (SSSR count). The molecule has 0 atom stereocenters. The molecule has 0 aromatic carbocycles. The van der Waals surface area contributed by atoms with Gasteiger partial charge in [0.1, 0.15) is 6.33 Å². The molecular formula is C6H4N4. The molecule has 1 aliphatic rings. The predicted molar refractivity (Wildman–Crippen MR) is 37.6 cm³/mol. The van der Waals surface area contributed by atoms with E-state index in [9.17, 15) is 0 Å². The highest BCUT2D eigenvalue weighted by atomic mass is 15.3. The number of hydrazone groups is 1. The molecule has 1 aromatic heterocycles. The number of rotatable bonds is 0. The number of anilines is 1. The lowest BCUT2D eigenvalue weighted by Gasteiger charge is -2.02. The second kappa shape index (κ2) is 1.93. The Morgan fingerprint density at radius 1 is 1.50 bits per heavy atom. The van der Waals surface area contributed by atoms with Crippen LogP contribution in [-0.4, -0.2) is 15.8 Å². The maximum Gasteiger partial charge on any atom is 0.158 e. The van der Waals surface area contributed by atoms with Crippen LogP contribution in [0.4, 0.5) is 5.82 Å². The Kier molecular flexibility index (Phi) is 0.993. The van der Waals surface area contributed by atoms with Crippen molar-refractivity contribution in [3.8, 4) is 0 Å². The lowest BCUT2D eigenvalue weighted by Crippen LogP contribution is -1.98. The molecule has 0 radical (unpaired) electrons. The topological polar surface area (TPSA) is 50.2 Å². The molecule has 48 valence electrons.